The van der Waals surface area contributed by atoms with Crippen molar-refractivity contribution in [1.82, 2.24) is 5.32 Å². The monoisotopic (exact) mass is 153 g/mol. The zero-order valence-corrected chi connectivity index (χ0v) is 7.13. The van der Waals surface area contributed by atoms with E-state index in [1.54, 1.807) is 0 Å². The minimum absolute atomic E-state index is 0.259. The normalized spacial score (nSPS) is 48.0. The van der Waals surface area contributed by atoms with Crippen LogP contribution in [0.4, 0.5) is 0 Å². The van der Waals surface area contributed by atoms with Crippen LogP contribution in [0, 0.1) is 17.8 Å². The van der Waals surface area contributed by atoms with Crippen molar-refractivity contribution in [3.05, 3.63) is 0 Å². The van der Waals surface area contributed by atoms with E-state index in [4.69, 9.17) is 0 Å². The third-order valence-electron chi connectivity index (χ3n) is 3.19. The maximum atomic E-state index is 11.1. The Balaban J connectivity index is 2.04. The van der Waals surface area contributed by atoms with E-state index in [0.29, 0.717) is 12.0 Å². The van der Waals surface area contributed by atoms with Gasteiger partial charge < -0.3 is 5.32 Å². The standard InChI is InChI=1S/C9H15NO/c1-3-6-8-5(2)4-7(11)10-9(6)8/h5-6,8-9H,3-4H2,1-2H3,(H,10,11). The van der Waals surface area contributed by atoms with Gasteiger partial charge in [0.05, 0.1) is 0 Å². The summed E-state index contributed by atoms with van der Waals surface area (Å²) in [4.78, 5) is 11.1. The zero-order chi connectivity index (χ0) is 8.01. The minimum Gasteiger partial charge on any atom is -0.353 e. The lowest BCUT2D eigenvalue weighted by Crippen LogP contribution is -2.34. The molecular formula is C9H15NO. The average molecular weight is 153 g/mol. The number of hydrogen-bond donors (Lipinski definition) is 1. The molecule has 1 aliphatic carbocycles. The summed E-state index contributed by atoms with van der Waals surface area (Å²) in [5, 5.41) is 3.05. The minimum atomic E-state index is 0.259. The Bertz CT molecular complexity index is 190. The third kappa shape index (κ3) is 0.959. The van der Waals surface area contributed by atoms with Gasteiger partial charge in [-0.2, -0.15) is 0 Å². The molecule has 1 N–H and O–H groups in total. The molecule has 2 nitrogen and oxygen atoms in total. The van der Waals surface area contributed by atoms with Crippen molar-refractivity contribution in [3.8, 4) is 0 Å². The summed E-state index contributed by atoms with van der Waals surface area (Å²) in [6, 6.07) is 0.538. The number of carbonyl (C=O) groups excluding carboxylic acids is 1. The maximum absolute atomic E-state index is 11.1. The van der Waals surface area contributed by atoms with Gasteiger partial charge in [-0.1, -0.05) is 20.3 Å². The zero-order valence-electron chi connectivity index (χ0n) is 7.13. The van der Waals surface area contributed by atoms with Gasteiger partial charge in [-0.3, -0.25) is 4.79 Å². The molecule has 11 heavy (non-hydrogen) atoms. The number of amides is 1. The predicted octanol–water partition coefficient (Wildman–Crippen LogP) is 1.17. The highest BCUT2D eigenvalue weighted by Crippen LogP contribution is 2.49. The Morgan fingerprint density at radius 3 is 3.00 bits per heavy atom. The molecule has 1 saturated carbocycles. The lowest BCUT2D eigenvalue weighted by atomic mass is 9.97. The van der Waals surface area contributed by atoms with Gasteiger partial charge in [0.2, 0.25) is 5.91 Å². The van der Waals surface area contributed by atoms with Crippen molar-refractivity contribution in [3.63, 3.8) is 0 Å². The summed E-state index contributed by atoms with van der Waals surface area (Å²) in [7, 11) is 0. The summed E-state index contributed by atoms with van der Waals surface area (Å²) in [5.41, 5.74) is 0. The Labute approximate surface area is 67.4 Å². The molecule has 0 aromatic heterocycles. The predicted molar refractivity (Wildman–Crippen MR) is 43.0 cm³/mol. The smallest absolute Gasteiger partial charge is 0.220 e. The van der Waals surface area contributed by atoms with Gasteiger partial charge in [0.25, 0.3) is 0 Å². The molecule has 0 aromatic carbocycles. The Hall–Kier alpha value is -0.530. The van der Waals surface area contributed by atoms with Gasteiger partial charge in [-0.05, 0) is 17.8 Å². The summed E-state index contributed by atoms with van der Waals surface area (Å²) < 4.78 is 0. The van der Waals surface area contributed by atoms with E-state index in [1.807, 2.05) is 0 Å². The molecule has 2 fully saturated rings. The lowest BCUT2D eigenvalue weighted by molar-refractivity contribution is -0.123. The van der Waals surface area contributed by atoms with Crippen LogP contribution in [0.2, 0.25) is 0 Å². The molecule has 1 amide bonds. The number of nitrogens with one attached hydrogen (secondary N) is 1. The van der Waals surface area contributed by atoms with Crippen LogP contribution in [0.15, 0.2) is 0 Å². The number of carbonyl (C=O) groups is 1. The Morgan fingerprint density at radius 1 is 1.64 bits per heavy atom. The van der Waals surface area contributed by atoms with E-state index in [9.17, 15) is 4.79 Å². The van der Waals surface area contributed by atoms with E-state index in [-0.39, 0.29) is 5.91 Å². The Kier molecular flexibility index (Phi) is 1.44. The van der Waals surface area contributed by atoms with Crippen molar-refractivity contribution in [2.24, 2.45) is 17.8 Å². The van der Waals surface area contributed by atoms with Crippen LogP contribution in [-0.2, 0) is 4.79 Å². The van der Waals surface area contributed by atoms with Crippen LogP contribution >= 0.6 is 0 Å². The first kappa shape index (κ1) is 7.14. The van der Waals surface area contributed by atoms with Gasteiger partial charge in [0.1, 0.15) is 0 Å². The molecule has 0 bridgehead atoms. The van der Waals surface area contributed by atoms with Crippen molar-refractivity contribution in [2.45, 2.75) is 32.7 Å². The molecule has 0 aromatic rings. The van der Waals surface area contributed by atoms with E-state index in [0.717, 1.165) is 18.3 Å². The highest BCUT2D eigenvalue weighted by Gasteiger charge is 2.54. The highest BCUT2D eigenvalue weighted by atomic mass is 16.1. The SMILES string of the molecule is CCC1C2NC(=O)CC(C)C12. The fourth-order valence-electron chi connectivity index (χ4n) is 2.58. The van der Waals surface area contributed by atoms with E-state index >= 15 is 0 Å². The van der Waals surface area contributed by atoms with Crippen LogP contribution in [-0.4, -0.2) is 11.9 Å². The second kappa shape index (κ2) is 2.23. The molecule has 0 radical (unpaired) electrons. The second-order valence-electron chi connectivity index (χ2n) is 3.92. The highest BCUT2D eigenvalue weighted by molar-refractivity contribution is 5.78. The summed E-state index contributed by atoms with van der Waals surface area (Å²) in [5.74, 6) is 2.47. The molecule has 1 aliphatic heterocycles. The Morgan fingerprint density at radius 2 is 2.36 bits per heavy atom. The first-order valence-electron chi connectivity index (χ1n) is 4.53. The molecule has 2 heteroatoms. The van der Waals surface area contributed by atoms with Crippen LogP contribution in [0.25, 0.3) is 0 Å². The van der Waals surface area contributed by atoms with E-state index < -0.39 is 0 Å². The number of hydrogen-bond acceptors (Lipinski definition) is 1. The largest absolute Gasteiger partial charge is 0.353 e. The van der Waals surface area contributed by atoms with Crippen molar-refractivity contribution < 1.29 is 4.79 Å². The van der Waals surface area contributed by atoms with Crippen LogP contribution in [0.3, 0.4) is 0 Å². The van der Waals surface area contributed by atoms with Crippen molar-refractivity contribution >= 4 is 5.91 Å². The molecule has 2 aliphatic rings. The van der Waals surface area contributed by atoms with Gasteiger partial charge in [0, 0.05) is 12.5 Å². The first-order chi connectivity index (χ1) is 5.24. The van der Waals surface area contributed by atoms with Gasteiger partial charge >= 0.3 is 0 Å². The quantitative estimate of drug-likeness (QED) is 0.602. The first-order valence-corrected chi connectivity index (χ1v) is 4.53. The topological polar surface area (TPSA) is 29.1 Å². The second-order valence-corrected chi connectivity index (χ2v) is 3.92. The number of rotatable bonds is 1. The van der Waals surface area contributed by atoms with Gasteiger partial charge in [-0.15, -0.1) is 0 Å². The van der Waals surface area contributed by atoms with Crippen LogP contribution in [0.5, 0.6) is 0 Å². The summed E-state index contributed by atoms with van der Waals surface area (Å²) in [6.07, 6.45) is 1.97. The molecule has 1 heterocycles. The third-order valence-corrected chi connectivity index (χ3v) is 3.19. The fraction of sp³-hybridized carbons (Fsp3) is 0.889. The summed E-state index contributed by atoms with van der Waals surface area (Å²) >= 11 is 0. The van der Waals surface area contributed by atoms with E-state index in [1.165, 1.54) is 6.42 Å². The fourth-order valence-corrected chi connectivity index (χ4v) is 2.58. The summed E-state index contributed by atoms with van der Waals surface area (Å²) in [6.45, 7) is 4.41. The molecule has 2 rings (SSSR count). The molecule has 4 atom stereocenters. The van der Waals surface area contributed by atoms with Gasteiger partial charge in [-0.25, -0.2) is 0 Å². The molecule has 0 spiro atoms. The number of fused-ring (bicyclic) bond motifs is 1. The lowest BCUT2D eigenvalue weighted by Gasteiger charge is -2.16. The average Bonchev–Trinajstić information content (AvgIpc) is 2.61. The maximum Gasteiger partial charge on any atom is 0.220 e. The van der Waals surface area contributed by atoms with Crippen LogP contribution < -0.4 is 5.32 Å². The molecule has 62 valence electrons. The number of piperidine rings is 1. The van der Waals surface area contributed by atoms with E-state index in [2.05, 4.69) is 19.2 Å². The van der Waals surface area contributed by atoms with Crippen LogP contribution in [0.1, 0.15) is 26.7 Å². The molecular weight excluding hydrogens is 138 g/mol. The van der Waals surface area contributed by atoms with Crippen molar-refractivity contribution in [2.75, 3.05) is 0 Å². The van der Waals surface area contributed by atoms with Crippen molar-refractivity contribution in [1.29, 1.82) is 0 Å². The van der Waals surface area contributed by atoms with Gasteiger partial charge in [0.15, 0.2) is 0 Å². The molecule has 1 saturated heterocycles. The molecule has 4 unspecified atom stereocenters.